The van der Waals surface area contributed by atoms with Gasteiger partial charge in [-0.15, -0.1) is 0 Å². The van der Waals surface area contributed by atoms with Gasteiger partial charge < -0.3 is 20.3 Å². The second-order valence-electron chi connectivity index (χ2n) is 4.36. The second-order valence-corrected chi connectivity index (χ2v) is 4.36. The highest BCUT2D eigenvalue weighted by Gasteiger charge is 2.08. The largest absolute Gasteiger partial charge is 0.467 e. The van der Waals surface area contributed by atoms with Crippen molar-refractivity contribution < 1.29 is 9.53 Å². The van der Waals surface area contributed by atoms with Crippen LogP contribution in [0.1, 0.15) is 19.8 Å². The summed E-state index contributed by atoms with van der Waals surface area (Å²) in [5, 5.41) is 6.06. The van der Waals surface area contributed by atoms with Gasteiger partial charge in [0.2, 0.25) is 17.8 Å². The number of nitrogens with one attached hydrogen (secondary N) is 2. The molecule has 8 nitrogen and oxygen atoms in total. The van der Waals surface area contributed by atoms with E-state index < -0.39 is 0 Å². The van der Waals surface area contributed by atoms with Crippen LogP contribution in [-0.2, 0) is 4.79 Å². The molecule has 20 heavy (non-hydrogen) atoms. The number of hydrogen-bond acceptors (Lipinski definition) is 7. The molecule has 0 aromatic carbocycles. The molecule has 0 saturated carbocycles. The Morgan fingerprint density at radius 2 is 1.75 bits per heavy atom. The lowest BCUT2D eigenvalue weighted by atomic mass is 10.4. The maximum atomic E-state index is 11.5. The molecule has 0 aliphatic heterocycles. The van der Waals surface area contributed by atoms with Crippen molar-refractivity contribution in [1.29, 1.82) is 0 Å². The zero-order valence-corrected chi connectivity index (χ0v) is 12.4. The summed E-state index contributed by atoms with van der Waals surface area (Å²) in [7, 11) is 4.94. The minimum atomic E-state index is 0.0443. The summed E-state index contributed by atoms with van der Waals surface area (Å²) >= 11 is 0. The number of nitrogens with zero attached hydrogens (tertiary/aromatic N) is 4. The molecular formula is C12H22N6O2. The minimum Gasteiger partial charge on any atom is -0.467 e. The molecule has 0 unspecified atom stereocenters. The number of aromatic nitrogens is 3. The van der Waals surface area contributed by atoms with E-state index in [1.807, 2.05) is 0 Å². The van der Waals surface area contributed by atoms with Gasteiger partial charge in [-0.1, -0.05) is 6.92 Å². The lowest BCUT2D eigenvalue weighted by molar-refractivity contribution is -0.128. The molecule has 1 aromatic heterocycles. The first-order valence-electron chi connectivity index (χ1n) is 6.54. The van der Waals surface area contributed by atoms with Gasteiger partial charge in [-0.2, -0.15) is 15.0 Å². The van der Waals surface area contributed by atoms with Crippen LogP contribution in [0.15, 0.2) is 0 Å². The van der Waals surface area contributed by atoms with E-state index in [0.29, 0.717) is 24.9 Å². The molecule has 1 heterocycles. The Labute approximate surface area is 119 Å². The number of hydrogen-bond donors (Lipinski definition) is 2. The van der Waals surface area contributed by atoms with Crippen molar-refractivity contribution in [3.63, 3.8) is 0 Å². The molecule has 0 bridgehead atoms. The minimum absolute atomic E-state index is 0.0443. The molecule has 0 aliphatic rings. The Balaban J connectivity index is 2.61. The van der Waals surface area contributed by atoms with E-state index >= 15 is 0 Å². The van der Waals surface area contributed by atoms with Crippen LogP contribution in [0.2, 0.25) is 0 Å². The van der Waals surface area contributed by atoms with Gasteiger partial charge in [-0.05, 0) is 6.42 Å². The third-order valence-corrected chi connectivity index (χ3v) is 2.45. The van der Waals surface area contributed by atoms with Crippen molar-refractivity contribution >= 4 is 17.8 Å². The molecule has 1 rings (SSSR count). The summed E-state index contributed by atoms with van der Waals surface area (Å²) in [6, 6.07) is 0.236. The number of carbonyl (C=O) groups excluding carboxylic acids is 1. The van der Waals surface area contributed by atoms with Crippen molar-refractivity contribution in [3.8, 4) is 6.01 Å². The van der Waals surface area contributed by atoms with Gasteiger partial charge in [0.1, 0.15) is 0 Å². The number of ether oxygens (including phenoxy) is 1. The molecular weight excluding hydrogens is 260 g/mol. The SMILES string of the molecule is CCCNc1nc(NCCC(=O)N(C)C)nc(OC)n1. The number of carbonyl (C=O) groups is 1. The summed E-state index contributed by atoms with van der Waals surface area (Å²) in [5.74, 6) is 0.894. The summed E-state index contributed by atoms with van der Waals surface area (Å²) < 4.78 is 5.02. The first-order chi connectivity index (χ1) is 9.56. The van der Waals surface area contributed by atoms with Crippen LogP contribution in [0.3, 0.4) is 0 Å². The second kappa shape index (κ2) is 8.13. The first kappa shape index (κ1) is 15.9. The summed E-state index contributed by atoms with van der Waals surface area (Å²) in [6.45, 7) is 3.28. The third-order valence-electron chi connectivity index (χ3n) is 2.45. The van der Waals surface area contributed by atoms with E-state index in [4.69, 9.17) is 4.74 Å². The summed E-state index contributed by atoms with van der Waals surface area (Å²) in [6.07, 6.45) is 1.34. The standard InChI is InChI=1S/C12H22N6O2/c1-5-7-13-10-15-11(17-12(16-10)20-4)14-8-6-9(19)18(2)3/h5-8H2,1-4H3,(H2,13,14,15,16,17). The van der Waals surface area contributed by atoms with Crippen LogP contribution in [0, 0.1) is 0 Å². The zero-order chi connectivity index (χ0) is 15.0. The fourth-order valence-corrected chi connectivity index (χ4v) is 1.35. The fraction of sp³-hybridized carbons (Fsp3) is 0.667. The fourth-order valence-electron chi connectivity index (χ4n) is 1.35. The van der Waals surface area contributed by atoms with E-state index in [2.05, 4.69) is 32.5 Å². The van der Waals surface area contributed by atoms with E-state index in [1.165, 1.54) is 7.11 Å². The number of amides is 1. The summed E-state index contributed by atoms with van der Waals surface area (Å²) in [4.78, 5) is 25.4. The molecule has 8 heteroatoms. The Hall–Kier alpha value is -2.12. The Morgan fingerprint density at radius 3 is 2.25 bits per heavy atom. The van der Waals surface area contributed by atoms with Crippen LogP contribution >= 0.6 is 0 Å². The Bertz CT molecular complexity index is 438. The van der Waals surface area contributed by atoms with E-state index in [-0.39, 0.29) is 11.9 Å². The molecule has 1 aromatic rings. The average molecular weight is 282 g/mol. The van der Waals surface area contributed by atoms with Gasteiger partial charge in [0.25, 0.3) is 0 Å². The molecule has 0 fully saturated rings. The highest BCUT2D eigenvalue weighted by molar-refractivity contribution is 5.75. The van der Waals surface area contributed by atoms with Crippen molar-refractivity contribution in [3.05, 3.63) is 0 Å². The lowest BCUT2D eigenvalue weighted by Crippen LogP contribution is -2.24. The van der Waals surface area contributed by atoms with Gasteiger partial charge in [0.15, 0.2) is 0 Å². The molecule has 2 N–H and O–H groups in total. The number of anilines is 2. The topological polar surface area (TPSA) is 92.3 Å². The van der Waals surface area contributed by atoms with Crippen LogP contribution in [0.25, 0.3) is 0 Å². The van der Waals surface area contributed by atoms with Crippen LogP contribution in [-0.4, -0.2) is 60.1 Å². The number of methoxy groups -OCH3 is 1. The Morgan fingerprint density at radius 1 is 1.15 bits per heavy atom. The van der Waals surface area contributed by atoms with Gasteiger partial charge in [0.05, 0.1) is 7.11 Å². The molecule has 0 radical (unpaired) electrons. The van der Waals surface area contributed by atoms with Gasteiger partial charge in [-0.25, -0.2) is 0 Å². The molecule has 0 saturated heterocycles. The van der Waals surface area contributed by atoms with Crippen LogP contribution < -0.4 is 15.4 Å². The smallest absolute Gasteiger partial charge is 0.322 e. The molecule has 0 aliphatic carbocycles. The predicted octanol–water partition coefficient (Wildman–Crippen LogP) is 0.592. The van der Waals surface area contributed by atoms with Crippen molar-refractivity contribution in [2.45, 2.75) is 19.8 Å². The first-order valence-corrected chi connectivity index (χ1v) is 6.54. The highest BCUT2D eigenvalue weighted by Crippen LogP contribution is 2.10. The van der Waals surface area contributed by atoms with Gasteiger partial charge >= 0.3 is 6.01 Å². The van der Waals surface area contributed by atoms with E-state index in [1.54, 1.807) is 19.0 Å². The average Bonchev–Trinajstić information content (AvgIpc) is 2.44. The predicted molar refractivity (Wildman–Crippen MR) is 77.0 cm³/mol. The van der Waals surface area contributed by atoms with Gasteiger partial charge in [-0.3, -0.25) is 4.79 Å². The van der Waals surface area contributed by atoms with Crippen molar-refractivity contribution in [2.24, 2.45) is 0 Å². The monoisotopic (exact) mass is 282 g/mol. The zero-order valence-electron chi connectivity index (χ0n) is 12.4. The van der Waals surface area contributed by atoms with Gasteiger partial charge in [0, 0.05) is 33.6 Å². The maximum Gasteiger partial charge on any atom is 0.322 e. The highest BCUT2D eigenvalue weighted by atomic mass is 16.5. The summed E-state index contributed by atoms with van der Waals surface area (Å²) in [5.41, 5.74) is 0. The van der Waals surface area contributed by atoms with Crippen LogP contribution in [0.5, 0.6) is 6.01 Å². The quantitative estimate of drug-likeness (QED) is 0.721. The third kappa shape index (κ3) is 5.25. The van der Waals surface area contributed by atoms with Crippen LogP contribution in [0.4, 0.5) is 11.9 Å². The molecule has 1 amide bonds. The lowest BCUT2D eigenvalue weighted by Gasteiger charge is -2.11. The van der Waals surface area contributed by atoms with Crippen molar-refractivity contribution in [1.82, 2.24) is 19.9 Å². The Kier molecular flexibility index (Phi) is 6.48. The molecule has 0 atom stereocenters. The molecule has 112 valence electrons. The van der Waals surface area contributed by atoms with E-state index in [0.717, 1.165) is 13.0 Å². The van der Waals surface area contributed by atoms with Crippen molar-refractivity contribution in [2.75, 3.05) is 44.9 Å². The normalized spacial score (nSPS) is 10.0. The maximum absolute atomic E-state index is 11.5. The number of rotatable bonds is 8. The molecule has 0 spiro atoms. The van der Waals surface area contributed by atoms with E-state index in [9.17, 15) is 4.79 Å².